The summed E-state index contributed by atoms with van der Waals surface area (Å²) in [4.78, 5) is 18.6. The third-order valence-corrected chi connectivity index (χ3v) is 3.65. The van der Waals surface area contributed by atoms with Crippen LogP contribution in [0.2, 0.25) is 0 Å². The molecule has 1 fully saturated rings. The Kier molecular flexibility index (Phi) is 5.22. The molecular weight excluding hydrogens is 276 g/mol. The topological polar surface area (TPSA) is 41.9 Å². The summed E-state index contributed by atoms with van der Waals surface area (Å²) in [5, 5.41) is 0. The van der Waals surface area contributed by atoms with Crippen molar-refractivity contribution in [2.24, 2.45) is 4.99 Å². The molecule has 0 bridgehead atoms. The van der Waals surface area contributed by atoms with E-state index in [0.717, 1.165) is 12.8 Å². The smallest absolute Gasteiger partial charge is 0.410 e. The van der Waals surface area contributed by atoms with Gasteiger partial charge in [0.05, 0.1) is 6.04 Å². The van der Waals surface area contributed by atoms with Crippen molar-refractivity contribution < 1.29 is 9.53 Å². The number of likely N-dealkylation sites (tertiary alicyclic amines) is 1. The van der Waals surface area contributed by atoms with E-state index in [2.05, 4.69) is 19.1 Å². The van der Waals surface area contributed by atoms with Crippen LogP contribution in [0.15, 0.2) is 35.3 Å². The summed E-state index contributed by atoms with van der Waals surface area (Å²) in [6, 6.07) is 10.5. The van der Waals surface area contributed by atoms with Crippen molar-refractivity contribution in [1.29, 1.82) is 0 Å². The van der Waals surface area contributed by atoms with Crippen LogP contribution in [0, 0.1) is 0 Å². The van der Waals surface area contributed by atoms with Gasteiger partial charge in [0.2, 0.25) is 0 Å². The average molecular weight is 302 g/mol. The highest BCUT2D eigenvalue weighted by Crippen LogP contribution is 2.20. The van der Waals surface area contributed by atoms with Gasteiger partial charge >= 0.3 is 6.09 Å². The van der Waals surface area contributed by atoms with E-state index < -0.39 is 5.60 Å². The van der Waals surface area contributed by atoms with Gasteiger partial charge in [-0.25, -0.2) is 4.79 Å². The van der Waals surface area contributed by atoms with Crippen LogP contribution in [-0.2, 0) is 4.74 Å². The number of nitrogens with zero attached hydrogens (tertiary/aromatic N) is 2. The lowest BCUT2D eigenvalue weighted by atomic mass is 10.1. The van der Waals surface area contributed by atoms with Gasteiger partial charge in [-0.15, -0.1) is 0 Å². The van der Waals surface area contributed by atoms with Crippen molar-refractivity contribution in [3.05, 3.63) is 35.9 Å². The molecule has 1 atom stereocenters. The Balaban J connectivity index is 1.89. The van der Waals surface area contributed by atoms with Crippen LogP contribution in [0.5, 0.6) is 0 Å². The van der Waals surface area contributed by atoms with Gasteiger partial charge in [0.25, 0.3) is 0 Å². The minimum atomic E-state index is -0.437. The van der Waals surface area contributed by atoms with Crippen molar-refractivity contribution in [1.82, 2.24) is 4.90 Å². The van der Waals surface area contributed by atoms with E-state index in [-0.39, 0.29) is 12.1 Å². The molecule has 1 amide bonds. The van der Waals surface area contributed by atoms with Gasteiger partial charge < -0.3 is 9.64 Å². The predicted octanol–water partition coefficient (Wildman–Crippen LogP) is 4.22. The zero-order valence-corrected chi connectivity index (χ0v) is 14.0. The molecule has 1 unspecified atom stereocenters. The number of rotatable bonds is 2. The molecule has 1 saturated heterocycles. The summed E-state index contributed by atoms with van der Waals surface area (Å²) < 4.78 is 5.41. The number of carbonyl (C=O) groups excluding carboxylic acids is 1. The lowest BCUT2D eigenvalue weighted by Crippen LogP contribution is -2.41. The molecule has 1 aromatic carbocycles. The van der Waals surface area contributed by atoms with Crippen LogP contribution in [0.4, 0.5) is 4.79 Å². The zero-order valence-electron chi connectivity index (χ0n) is 14.0. The molecule has 0 aromatic heterocycles. The molecule has 0 N–H and O–H groups in total. The van der Waals surface area contributed by atoms with E-state index >= 15 is 0 Å². The van der Waals surface area contributed by atoms with E-state index in [4.69, 9.17) is 9.73 Å². The molecule has 1 aromatic rings. The number of hydrogen-bond acceptors (Lipinski definition) is 3. The molecule has 22 heavy (non-hydrogen) atoms. The van der Waals surface area contributed by atoms with Crippen LogP contribution < -0.4 is 0 Å². The lowest BCUT2D eigenvalue weighted by molar-refractivity contribution is 0.0249. The molecule has 1 aliphatic rings. The van der Waals surface area contributed by atoms with Crippen molar-refractivity contribution >= 4 is 11.8 Å². The Morgan fingerprint density at radius 1 is 1.18 bits per heavy atom. The molecular formula is C18H26N2O2. The zero-order chi connectivity index (χ0) is 16.2. The number of benzene rings is 1. The first kappa shape index (κ1) is 16.5. The van der Waals surface area contributed by atoms with Crippen molar-refractivity contribution in [2.45, 2.75) is 52.2 Å². The van der Waals surface area contributed by atoms with Crippen LogP contribution in [0.25, 0.3) is 0 Å². The maximum atomic E-state index is 12.0. The van der Waals surface area contributed by atoms with E-state index in [1.165, 1.54) is 11.3 Å². The van der Waals surface area contributed by atoms with Crippen molar-refractivity contribution in [2.75, 3.05) is 13.1 Å². The van der Waals surface area contributed by atoms with E-state index in [1.54, 1.807) is 4.90 Å². The summed E-state index contributed by atoms with van der Waals surface area (Å²) in [7, 11) is 0. The summed E-state index contributed by atoms with van der Waals surface area (Å²) in [6.45, 7) is 9.17. The number of carbonyl (C=O) groups is 1. The standard InChI is InChI=1S/C18H26N2O2/c1-14(15-8-6-5-7-9-15)19-16-10-12-20(13-11-16)17(21)22-18(2,3)4/h5-9,14H,10-13H2,1-4H3. The first-order valence-electron chi connectivity index (χ1n) is 7.93. The Bertz CT molecular complexity index is 522. The molecule has 1 aliphatic heterocycles. The normalized spacial score (nSPS) is 17.1. The summed E-state index contributed by atoms with van der Waals surface area (Å²) in [5.74, 6) is 0. The van der Waals surface area contributed by atoms with Crippen LogP contribution in [0.3, 0.4) is 0 Å². The van der Waals surface area contributed by atoms with Gasteiger partial charge in [-0.05, 0) is 33.3 Å². The Morgan fingerprint density at radius 2 is 1.77 bits per heavy atom. The van der Waals surface area contributed by atoms with Crippen molar-refractivity contribution in [3.63, 3.8) is 0 Å². The number of aliphatic imine (C=N–C) groups is 1. The minimum absolute atomic E-state index is 0.171. The molecule has 120 valence electrons. The van der Waals surface area contributed by atoms with E-state index in [0.29, 0.717) is 13.1 Å². The highest BCUT2D eigenvalue weighted by Gasteiger charge is 2.25. The summed E-state index contributed by atoms with van der Waals surface area (Å²) in [5.41, 5.74) is 1.98. The summed E-state index contributed by atoms with van der Waals surface area (Å²) in [6.07, 6.45) is 1.44. The maximum Gasteiger partial charge on any atom is 0.410 e. The fraction of sp³-hybridized carbons (Fsp3) is 0.556. The molecule has 0 aliphatic carbocycles. The number of ether oxygens (including phenoxy) is 1. The average Bonchev–Trinajstić information content (AvgIpc) is 2.47. The van der Waals surface area contributed by atoms with Crippen molar-refractivity contribution in [3.8, 4) is 0 Å². The van der Waals surface area contributed by atoms with Crippen LogP contribution in [0.1, 0.15) is 52.1 Å². The van der Waals surface area contributed by atoms with E-state index in [9.17, 15) is 4.79 Å². The third kappa shape index (κ3) is 4.86. The van der Waals surface area contributed by atoms with Crippen LogP contribution >= 0.6 is 0 Å². The summed E-state index contributed by atoms with van der Waals surface area (Å²) >= 11 is 0. The monoisotopic (exact) mass is 302 g/mol. The van der Waals surface area contributed by atoms with E-state index in [1.807, 2.05) is 39.0 Å². The molecule has 4 nitrogen and oxygen atoms in total. The van der Waals surface area contributed by atoms with Gasteiger partial charge in [0, 0.05) is 31.6 Å². The molecule has 1 heterocycles. The van der Waals surface area contributed by atoms with Gasteiger partial charge in [-0.1, -0.05) is 30.3 Å². The maximum absolute atomic E-state index is 12.0. The SMILES string of the molecule is CC(N=C1CCN(C(=O)OC(C)(C)C)CC1)c1ccccc1. The largest absolute Gasteiger partial charge is 0.444 e. The Labute approximate surface area is 133 Å². The molecule has 0 saturated carbocycles. The quantitative estimate of drug-likeness (QED) is 0.821. The Morgan fingerprint density at radius 3 is 2.32 bits per heavy atom. The molecule has 4 heteroatoms. The second-order valence-electron chi connectivity index (χ2n) is 6.75. The van der Waals surface area contributed by atoms with Gasteiger partial charge in [-0.3, -0.25) is 4.99 Å². The minimum Gasteiger partial charge on any atom is -0.444 e. The fourth-order valence-corrected chi connectivity index (χ4v) is 2.48. The first-order valence-corrected chi connectivity index (χ1v) is 7.93. The lowest BCUT2D eigenvalue weighted by Gasteiger charge is -2.30. The highest BCUT2D eigenvalue weighted by atomic mass is 16.6. The predicted molar refractivity (Wildman–Crippen MR) is 89.3 cm³/mol. The van der Waals surface area contributed by atoms with Gasteiger partial charge in [0.15, 0.2) is 0 Å². The Hall–Kier alpha value is -1.84. The molecule has 0 radical (unpaired) electrons. The molecule has 2 rings (SSSR count). The molecule has 0 spiro atoms. The van der Waals surface area contributed by atoms with Crippen LogP contribution in [-0.4, -0.2) is 35.4 Å². The second-order valence-corrected chi connectivity index (χ2v) is 6.75. The number of piperidine rings is 1. The third-order valence-electron chi connectivity index (χ3n) is 3.65. The van der Waals surface area contributed by atoms with Gasteiger partial charge in [-0.2, -0.15) is 0 Å². The second kappa shape index (κ2) is 6.95. The van der Waals surface area contributed by atoms with Gasteiger partial charge in [0.1, 0.15) is 5.60 Å². The number of amides is 1. The number of hydrogen-bond donors (Lipinski definition) is 0. The highest BCUT2D eigenvalue weighted by molar-refractivity contribution is 5.87. The first-order chi connectivity index (χ1) is 10.3. The fourth-order valence-electron chi connectivity index (χ4n) is 2.48.